The molecule has 0 radical (unpaired) electrons. The van der Waals surface area contributed by atoms with Crippen LogP contribution in [0.4, 0.5) is 0 Å². The average Bonchev–Trinajstić information content (AvgIpc) is 3.34. The summed E-state index contributed by atoms with van der Waals surface area (Å²) in [4.78, 5) is 0. The second-order valence-electron chi connectivity index (χ2n) is 20.7. The van der Waals surface area contributed by atoms with E-state index in [0.717, 1.165) is 109 Å². The summed E-state index contributed by atoms with van der Waals surface area (Å²) in [6.07, 6.45) is 41.0. The Kier molecular flexibility index (Phi) is 28.7. The Labute approximate surface area is 416 Å². The largest absolute Gasteiger partial charge is 0.508 e. The van der Waals surface area contributed by atoms with Crippen molar-refractivity contribution in [2.24, 2.45) is 0 Å². The summed E-state index contributed by atoms with van der Waals surface area (Å²) >= 11 is 0. The predicted octanol–water partition coefficient (Wildman–Crippen LogP) is 19.4. The minimum atomic E-state index is -0.605. The first-order valence-corrected chi connectivity index (χ1v) is 28.6. The highest BCUT2D eigenvalue weighted by Gasteiger charge is 2.36. The molecule has 0 aliphatic carbocycles. The molecule has 0 aromatic heterocycles. The maximum Gasteiger partial charge on any atom is 0.119 e. The Morgan fingerprint density at radius 3 is 0.618 bits per heavy atom. The predicted molar refractivity (Wildman–Crippen MR) is 292 cm³/mol. The summed E-state index contributed by atoms with van der Waals surface area (Å²) in [7, 11) is 0. The number of aryl methyl sites for hydroxylation is 4. The van der Waals surface area contributed by atoms with Crippen molar-refractivity contribution in [2.75, 3.05) is 0 Å². The van der Waals surface area contributed by atoms with Crippen molar-refractivity contribution >= 4 is 0 Å². The van der Waals surface area contributed by atoms with Gasteiger partial charge in [0.1, 0.15) is 23.0 Å². The molecule has 0 fully saturated rings. The van der Waals surface area contributed by atoms with Gasteiger partial charge >= 0.3 is 0 Å². The molecule has 4 heteroatoms. The van der Waals surface area contributed by atoms with Crippen LogP contribution in [-0.4, -0.2) is 20.4 Å². The molecule has 0 aliphatic rings. The van der Waals surface area contributed by atoms with Gasteiger partial charge in [-0.1, -0.05) is 243 Å². The molecular formula is C64H98O4. The van der Waals surface area contributed by atoms with Crippen LogP contribution in [0.2, 0.25) is 0 Å². The fourth-order valence-corrected chi connectivity index (χ4v) is 10.6. The SMILES string of the molecule is CCCCCCCCCCCCc1ccc(O)c(C(c2cc(CCCCCCCCCCCC)ccc2O)C(c2cc(CCCCCCC)ccc2O)c2cc(CCCCCCC)ccc2O)c1. The second-order valence-corrected chi connectivity index (χ2v) is 20.7. The van der Waals surface area contributed by atoms with Crippen LogP contribution in [0.3, 0.4) is 0 Å². The quantitative estimate of drug-likeness (QED) is 0.0336. The van der Waals surface area contributed by atoms with Gasteiger partial charge in [0, 0.05) is 34.1 Å². The molecule has 0 saturated heterocycles. The molecule has 0 aliphatic heterocycles. The van der Waals surface area contributed by atoms with Gasteiger partial charge < -0.3 is 20.4 Å². The van der Waals surface area contributed by atoms with Gasteiger partial charge in [0.25, 0.3) is 0 Å². The Hall–Kier alpha value is -3.92. The van der Waals surface area contributed by atoms with Crippen molar-refractivity contribution in [3.05, 3.63) is 117 Å². The van der Waals surface area contributed by atoms with Crippen LogP contribution in [0.1, 0.15) is 277 Å². The highest BCUT2D eigenvalue weighted by molar-refractivity contribution is 5.58. The lowest BCUT2D eigenvalue weighted by Gasteiger charge is -2.32. The van der Waals surface area contributed by atoms with Crippen LogP contribution in [0.5, 0.6) is 23.0 Å². The van der Waals surface area contributed by atoms with Crippen LogP contribution >= 0.6 is 0 Å². The fourth-order valence-electron chi connectivity index (χ4n) is 10.6. The smallest absolute Gasteiger partial charge is 0.119 e. The van der Waals surface area contributed by atoms with Crippen molar-refractivity contribution in [3.8, 4) is 23.0 Å². The van der Waals surface area contributed by atoms with Crippen molar-refractivity contribution in [2.45, 2.75) is 258 Å². The number of hydrogen-bond donors (Lipinski definition) is 4. The average molecular weight is 931 g/mol. The normalized spacial score (nSPS) is 11.7. The monoisotopic (exact) mass is 931 g/mol. The number of aromatic hydroxyl groups is 4. The molecule has 0 spiro atoms. The van der Waals surface area contributed by atoms with Gasteiger partial charge in [-0.3, -0.25) is 0 Å². The topological polar surface area (TPSA) is 80.9 Å². The molecule has 378 valence electrons. The lowest BCUT2D eigenvalue weighted by atomic mass is 9.71. The summed E-state index contributed by atoms with van der Waals surface area (Å²) in [5, 5.41) is 48.5. The highest BCUT2D eigenvalue weighted by Crippen LogP contribution is 2.52. The van der Waals surface area contributed by atoms with Gasteiger partial charge in [-0.2, -0.15) is 0 Å². The zero-order valence-electron chi connectivity index (χ0n) is 43.9. The van der Waals surface area contributed by atoms with E-state index in [1.54, 1.807) is 0 Å². The number of unbranched alkanes of at least 4 members (excludes halogenated alkanes) is 26. The van der Waals surface area contributed by atoms with Crippen LogP contribution in [0.25, 0.3) is 0 Å². The first-order chi connectivity index (χ1) is 33.3. The van der Waals surface area contributed by atoms with E-state index in [1.165, 1.54) is 154 Å². The molecule has 4 rings (SSSR count). The molecule has 0 unspecified atom stereocenters. The molecular weight excluding hydrogens is 833 g/mol. The van der Waals surface area contributed by atoms with Crippen molar-refractivity contribution < 1.29 is 20.4 Å². The lowest BCUT2D eigenvalue weighted by molar-refractivity contribution is 0.431. The summed E-state index contributed by atoms with van der Waals surface area (Å²) in [5.41, 5.74) is 7.52. The second kappa shape index (κ2) is 34.4. The molecule has 4 N–H and O–H groups in total. The van der Waals surface area contributed by atoms with Gasteiger partial charge in [0.05, 0.1) is 0 Å². The minimum absolute atomic E-state index is 0.168. The Morgan fingerprint density at radius 1 is 0.250 bits per heavy atom. The lowest BCUT2D eigenvalue weighted by Crippen LogP contribution is -2.17. The van der Waals surface area contributed by atoms with E-state index in [9.17, 15) is 20.4 Å². The third kappa shape index (κ3) is 20.6. The summed E-state index contributed by atoms with van der Waals surface area (Å²) < 4.78 is 0. The van der Waals surface area contributed by atoms with E-state index >= 15 is 0 Å². The van der Waals surface area contributed by atoms with E-state index in [2.05, 4.69) is 64.1 Å². The Balaban J connectivity index is 1.77. The maximum absolute atomic E-state index is 12.1. The van der Waals surface area contributed by atoms with E-state index < -0.39 is 11.8 Å². The zero-order chi connectivity index (χ0) is 48.6. The van der Waals surface area contributed by atoms with Gasteiger partial charge in [-0.15, -0.1) is 0 Å². The molecule has 0 heterocycles. The number of phenols is 4. The molecule has 68 heavy (non-hydrogen) atoms. The van der Waals surface area contributed by atoms with Gasteiger partial charge in [0.15, 0.2) is 0 Å². The van der Waals surface area contributed by atoms with Gasteiger partial charge in [-0.05, 0) is 97.9 Å². The summed E-state index contributed by atoms with van der Waals surface area (Å²) in [6, 6.07) is 24.2. The summed E-state index contributed by atoms with van der Waals surface area (Å²) in [6.45, 7) is 9.05. The fraction of sp³-hybridized carbons (Fsp3) is 0.625. The van der Waals surface area contributed by atoms with Crippen LogP contribution in [0.15, 0.2) is 72.8 Å². The van der Waals surface area contributed by atoms with E-state index in [0.29, 0.717) is 0 Å². The zero-order valence-corrected chi connectivity index (χ0v) is 43.9. The number of phenolic OH excluding ortho intramolecular Hbond substituents is 4. The Morgan fingerprint density at radius 2 is 0.426 bits per heavy atom. The van der Waals surface area contributed by atoms with E-state index in [-0.39, 0.29) is 23.0 Å². The molecule has 0 atom stereocenters. The molecule has 0 saturated carbocycles. The first kappa shape index (κ1) is 56.7. The van der Waals surface area contributed by atoms with E-state index in [4.69, 9.17) is 0 Å². The van der Waals surface area contributed by atoms with Crippen LogP contribution in [0, 0.1) is 0 Å². The van der Waals surface area contributed by atoms with E-state index in [1.807, 2.05) is 36.4 Å². The van der Waals surface area contributed by atoms with Crippen molar-refractivity contribution in [3.63, 3.8) is 0 Å². The first-order valence-electron chi connectivity index (χ1n) is 28.6. The van der Waals surface area contributed by atoms with Crippen LogP contribution < -0.4 is 0 Å². The molecule has 0 amide bonds. The molecule has 4 nitrogen and oxygen atoms in total. The summed E-state index contributed by atoms with van der Waals surface area (Å²) in [5.74, 6) is -0.532. The van der Waals surface area contributed by atoms with Crippen molar-refractivity contribution in [1.29, 1.82) is 0 Å². The molecule has 0 bridgehead atoms. The number of rotatable bonds is 39. The van der Waals surface area contributed by atoms with Crippen LogP contribution in [-0.2, 0) is 25.7 Å². The third-order valence-electron chi connectivity index (χ3n) is 14.8. The number of hydrogen-bond acceptors (Lipinski definition) is 4. The Bertz CT molecular complexity index is 1790. The highest BCUT2D eigenvalue weighted by atomic mass is 16.3. The standard InChI is InChI=1S/C64H98O4/c1-5-9-13-17-19-21-23-25-29-33-37-53-41-45-61(67)57(49-53)64(58-50-54(42-46-62(58)68)38-34-30-26-24-22-20-18-14-10-6-2)63(55-47-51(39-43-59(55)65)35-31-27-15-11-7-3)56-48-52(40-44-60(56)66)36-32-28-16-12-8-4/h39-50,63-68H,5-38H2,1-4H3. The van der Waals surface area contributed by atoms with Crippen molar-refractivity contribution in [1.82, 2.24) is 0 Å². The number of benzene rings is 4. The van der Waals surface area contributed by atoms with Gasteiger partial charge in [-0.25, -0.2) is 0 Å². The van der Waals surface area contributed by atoms with Gasteiger partial charge in [0.2, 0.25) is 0 Å². The molecule has 4 aromatic rings. The maximum atomic E-state index is 12.1. The third-order valence-corrected chi connectivity index (χ3v) is 14.8. The molecule has 4 aromatic carbocycles. The minimum Gasteiger partial charge on any atom is -0.508 e.